The van der Waals surface area contributed by atoms with E-state index >= 15 is 0 Å². The van der Waals surface area contributed by atoms with Gasteiger partial charge in [0, 0.05) is 24.0 Å². The first kappa shape index (κ1) is 10.4. The third kappa shape index (κ3) is 2.34. The summed E-state index contributed by atoms with van der Waals surface area (Å²) in [7, 11) is 0. The van der Waals surface area contributed by atoms with Gasteiger partial charge in [0.05, 0.1) is 6.54 Å². The average Bonchev–Trinajstić information content (AvgIpc) is 3.06. The molecule has 1 aliphatic rings. The summed E-state index contributed by atoms with van der Waals surface area (Å²) in [5.41, 5.74) is 2.02. The lowest BCUT2D eigenvalue weighted by Gasteiger charge is -1.97. The Labute approximate surface area is 99.3 Å². The van der Waals surface area contributed by atoms with Crippen LogP contribution in [0, 0.1) is 6.92 Å². The third-order valence-electron chi connectivity index (χ3n) is 2.85. The second kappa shape index (κ2) is 4.25. The Morgan fingerprint density at radius 1 is 1.47 bits per heavy atom. The summed E-state index contributed by atoms with van der Waals surface area (Å²) in [6, 6.07) is 2.55. The maximum absolute atomic E-state index is 5.21. The van der Waals surface area contributed by atoms with Gasteiger partial charge in [-0.1, -0.05) is 5.16 Å². The molecule has 1 aliphatic carbocycles. The molecule has 17 heavy (non-hydrogen) atoms. The molecule has 0 amide bonds. The Hall–Kier alpha value is -1.75. The van der Waals surface area contributed by atoms with Crippen molar-refractivity contribution in [2.24, 2.45) is 0 Å². The molecule has 5 heteroatoms. The Bertz CT molecular complexity index is 519. The largest absolute Gasteiger partial charge is 0.338 e. The lowest BCUT2D eigenvalue weighted by atomic mass is 10.1. The van der Waals surface area contributed by atoms with E-state index in [-0.39, 0.29) is 0 Å². The first-order valence-electron chi connectivity index (χ1n) is 5.80. The summed E-state index contributed by atoms with van der Waals surface area (Å²) >= 11 is 0. The number of hydrogen-bond acceptors (Lipinski definition) is 5. The second-order valence-corrected chi connectivity index (χ2v) is 4.36. The van der Waals surface area contributed by atoms with E-state index in [0.717, 1.165) is 11.1 Å². The first-order chi connectivity index (χ1) is 8.33. The molecule has 2 heterocycles. The molecule has 5 nitrogen and oxygen atoms in total. The van der Waals surface area contributed by atoms with Crippen molar-refractivity contribution in [3.05, 3.63) is 29.9 Å². The van der Waals surface area contributed by atoms with Crippen molar-refractivity contribution in [3.8, 4) is 11.4 Å². The monoisotopic (exact) mass is 230 g/mol. The maximum Gasteiger partial charge on any atom is 0.240 e. The van der Waals surface area contributed by atoms with E-state index in [0.29, 0.717) is 24.3 Å². The minimum absolute atomic E-state index is 0.637. The van der Waals surface area contributed by atoms with Gasteiger partial charge in [-0.3, -0.25) is 4.98 Å². The van der Waals surface area contributed by atoms with Crippen LogP contribution >= 0.6 is 0 Å². The molecule has 0 aliphatic heterocycles. The minimum atomic E-state index is 0.637. The molecular weight excluding hydrogens is 216 g/mol. The molecule has 1 N–H and O–H groups in total. The van der Waals surface area contributed by atoms with Gasteiger partial charge in [-0.15, -0.1) is 0 Å². The third-order valence-corrected chi connectivity index (χ3v) is 2.85. The van der Waals surface area contributed by atoms with Crippen LogP contribution in [0.4, 0.5) is 0 Å². The smallest absolute Gasteiger partial charge is 0.240 e. The molecule has 0 bridgehead atoms. The average molecular weight is 230 g/mol. The summed E-state index contributed by atoms with van der Waals surface area (Å²) in [6.07, 6.45) is 6.05. The molecule has 88 valence electrons. The molecule has 0 radical (unpaired) electrons. The van der Waals surface area contributed by atoms with Crippen LogP contribution in [0.25, 0.3) is 11.4 Å². The first-order valence-corrected chi connectivity index (χ1v) is 5.80. The van der Waals surface area contributed by atoms with Crippen molar-refractivity contribution < 1.29 is 4.52 Å². The zero-order valence-corrected chi connectivity index (χ0v) is 9.68. The Morgan fingerprint density at radius 2 is 2.35 bits per heavy atom. The number of pyridine rings is 1. The van der Waals surface area contributed by atoms with Gasteiger partial charge in [0.1, 0.15) is 0 Å². The van der Waals surface area contributed by atoms with Gasteiger partial charge in [-0.2, -0.15) is 4.98 Å². The van der Waals surface area contributed by atoms with E-state index in [1.54, 1.807) is 12.4 Å². The van der Waals surface area contributed by atoms with Gasteiger partial charge in [-0.25, -0.2) is 0 Å². The fraction of sp³-hybridized carbons (Fsp3) is 0.417. The fourth-order valence-electron chi connectivity index (χ4n) is 1.68. The fourth-order valence-corrected chi connectivity index (χ4v) is 1.68. The molecule has 2 aromatic heterocycles. The Balaban J connectivity index is 1.77. The molecule has 0 saturated heterocycles. The summed E-state index contributed by atoms with van der Waals surface area (Å²) in [5, 5.41) is 7.34. The van der Waals surface area contributed by atoms with Crippen molar-refractivity contribution >= 4 is 0 Å². The van der Waals surface area contributed by atoms with Crippen LogP contribution in [0.1, 0.15) is 24.3 Å². The Morgan fingerprint density at radius 3 is 3.12 bits per heavy atom. The zero-order valence-electron chi connectivity index (χ0n) is 9.68. The molecule has 3 rings (SSSR count). The van der Waals surface area contributed by atoms with Gasteiger partial charge >= 0.3 is 0 Å². The highest BCUT2D eigenvalue weighted by Gasteiger charge is 2.21. The van der Waals surface area contributed by atoms with Gasteiger partial charge in [-0.05, 0) is 31.4 Å². The lowest BCUT2D eigenvalue weighted by molar-refractivity contribution is 0.367. The molecule has 1 saturated carbocycles. The van der Waals surface area contributed by atoms with Gasteiger partial charge in [0.25, 0.3) is 0 Å². The van der Waals surface area contributed by atoms with Crippen LogP contribution in [-0.2, 0) is 6.54 Å². The maximum atomic E-state index is 5.21. The topological polar surface area (TPSA) is 63.8 Å². The van der Waals surface area contributed by atoms with Crippen LogP contribution in [0.15, 0.2) is 23.0 Å². The summed E-state index contributed by atoms with van der Waals surface area (Å²) in [4.78, 5) is 8.42. The van der Waals surface area contributed by atoms with Crippen LogP contribution in [0.5, 0.6) is 0 Å². The van der Waals surface area contributed by atoms with Gasteiger partial charge in [0.15, 0.2) is 0 Å². The summed E-state index contributed by atoms with van der Waals surface area (Å²) < 4.78 is 5.21. The highest BCUT2D eigenvalue weighted by molar-refractivity contribution is 5.57. The minimum Gasteiger partial charge on any atom is -0.338 e. The molecule has 1 fully saturated rings. The molecule has 0 spiro atoms. The van der Waals surface area contributed by atoms with Gasteiger partial charge in [0.2, 0.25) is 11.7 Å². The quantitative estimate of drug-likeness (QED) is 0.866. The molecular formula is C12H14N4O. The van der Waals surface area contributed by atoms with Crippen molar-refractivity contribution in [3.63, 3.8) is 0 Å². The highest BCUT2D eigenvalue weighted by Crippen LogP contribution is 2.21. The number of nitrogens with zero attached hydrogens (tertiary/aromatic N) is 3. The van der Waals surface area contributed by atoms with Crippen LogP contribution < -0.4 is 5.32 Å². The molecule has 0 aromatic carbocycles. The van der Waals surface area contributed by atoms with Gasteiger partial charge < -0.3 is 9.84 Å². The number of hydrogen-bond donors (Lipinski definition) is 1. The standard InChI is InChI=1S/C12H14N4O/c1-8-6-13-5-4-10(8)12-15-11(17-16-12)7-14-9-2-3-9/h4-6,9,14H,2-3,7H2,1H3. The SMILES string of the molecule is Cc1cnccc1-c1noc(CNC2CC2)n1. The lowest BCUT2D eigenvalue weighted by Crippen LogP contribution is -2.15. The van der Waals surface area contributed by atoms with Crippen LogP contribution in [0.3, 0.4) is 0 Å². The number of nitrogens with one attached hydrogen (secondary N) is 1. The Kier molecular flexibility index (Phi) is 2.60. The van der Waals surface area contributed by atoms with E-state index in [1.165, 1.54) is 12.8 Å². The normalized spacial score (nSPS) is 15.1. The van der Waals surface area contributed by atoms with E-state index in [9.17, 15) is 0 Å². The van der Waals surface area contributed by atoms with E-state index in [1.807, 2.05) is 13.0 Å². The van der Waals surface area contributed by atoms with Crippen molar-refractivity contribution in [2.75, 3.05) is 0 Å². The number of aryl methyl sites for hydroxylation is 1. The molecule has 0 atom stereocenters. The molecule has 2 aromatic rings. The van der Waals surface area contributed by atoms with E-state index in [4.69, 9.17) is 4.52 Å². The molecule has 0 unspecified atom stereocenters. The summed E-state index contributed by atoms with van der Waals surface area (Å²) in [5.74, 6) is 1.28. The van der Waals surface area contributed by atoms with Crippen molar-refractivity contribution in [1.29, 1.82) is 0 Å². The highest BCUT2D eigenvalue weighted by atomic mass is 16.5. The predicted octanol–water partition coefficient (Wildman–Crippen LogP) is 1.69. The number of aromatic nitrogens is 3. The van der Waals surface area contributed by atoms with Crippen molar-refractivity contribution in [2.45, 2.75) is 32.4 Å². The van der Waals surface area contributed by atoms with Crippen LogP contribution in [0.2, 0.25) is 0 Å². The van der Waals surface area contributed by atoms with E-state index < -0.39 is 0 Å². The second-order valence-electron chi connectivity index (χ2n) is 4.36. The number of rotatable bonds is 4. The predicted molar refractivity (Wildman–Crippen MR) is 62.1 cm³/mol. The van der Waals surface area contributed by atoms with E-state index in [2.05, 4.69) is 20.4 Å². The zero-order chi connectivity index (χ0) is 11.7. The van der Waals surface area contributed by atoms with Crippen molar-refractivity contribution in [1.82, 2.24) is 20.4 Å². The van der Waals surface area contributed by atoms with Crippen LogP contribution in [-0.4, -0.2) is 21.2 Å². The summed E-state index contributed by atoms with van der Waals surface area (Å²) in [6.45, 7) is 2.64.